The van der Waals surface area contributed by atoms with Crippen LogP contribution in [0.2, 0.25) is 0 Å². The van der Waals surface area contributed by atoms with Crippen LogP contribution in [0.3, 0.4) is 0 Å². The Kier molecular flexibility index (Phi) is 3.60. The lowest BCUT2D eigenvalue weighted by molar-refractivity contribution is -0.113. The van der Waals surface area contributed by atoms with Crippen molar-refractivity contribution in [2.75, 3.05) is 4.31 Å². The largest absolute Gasteiger partial charge is 0.290 e. The van der Waals surface area contributed by atoms with Crippen LogP contribution in [-0.2, 0) is 31.4 Å². The summed E-state index contributed by atoms with van der Waals surface area (Å²) in [5, 5.41) is 0. The van der Waals surface area contributed by atoms with E-state index in [0.29, 0.717) is 12.1 Å². The second-order valence-corrected chi connectivity index (χ2v) is 7.49. The molecule has 1 aliphatic rings. The van der Waals surface area contributed by atoms with Gasteiger partial charge in [-0.25, -0.2) is 8.51 Å². The molecule has 1 N–H and O–H groups in total. The maximum absolute atomic E-state index is 12.0. The zero-order chi connectivity index (χ0) is 15.9. The number of hydrogen-bond donors (Lipinski definition) is 1. The van der Waals surface area contributed by atoms with Crippen LogP contribution in [0.1, 0.15) is 11.1 Å². The Morgan fingerprint density at radius 1 is 1.23 bits per heavy atom. The van der Waals surface area contributed by atoms with Gasteiger partial charge >= 0.3 is 0 Å². The number of hydrogen-bond acceptors (Lipinski definition) is 3. The van der Waals surface area contributed by atoms with E-state index >= 15 is 0 Å². The Bertz CT molecular complexity index is 888. The number of anilines is 1. The molecule has 0 bridgehead atoms. The first kappa shape index (κ1) is 14.9. The van der Waals surface area contributed by atoms with Crippen LogP contribution >= 0.6 is 0 Å². The van der Waals surface area contributed by atoms with Crippen molar-refractivity contribution in [3.05, 3.63) is 66.2 Å². The average molecular weight is 331 g/mol. The Hall–Kier alpha value is -2.02. The highest BCUT2D eigenvalue weighted by Gasteiger charge is 2.29. The van der Waals surface area contributed by atoms with Crippen molar-refractivity contribution in [3.8, 4) is 11.1 Å². The van der Waals surface area contributed by atoms with Gasteiger partial charge in [0, 0.05) is 17.6 Å². The van der Waals surface area contributed by atoms with Crippen LogP contribution < -0.4 is 4.31 Å². The normalized spacial score (nSPS) is 14.6. The third-order valence-corrected chi connectivity index (χ3v) is 4.94. The van der Waals surface area contributed by atoms with E-state index in [-0.39, 0.29) is 0 Å². The van der Waals surface area contributed by atoms with Crippen molar-refractivity contribution < 1.29 is 13.6 Å². The van der Waals surface area contributed by atoms with Crippen LogP contribution in [0.4, 0.5) is 5.69 Å². The van der Waals surface area contributed by atoms with E-state index in [0.717, 1.165) is 32.6 Å². The summed E-state index contributed by atoms with van der Waals surface area (Å²) in [5.74, 6) is -0.688. The Morgan fingerprint density at radius 3 is 2.59 bits per heavy atom. The number of amides is 1. The number of fused-ring (bicyclic) bond motifs is 3. The molecule has 0 aliphatic heterocycles. The predicted octanol–water partition coefficient (Wildman–Crippen LogP) is 2.91. The number of benzene rings is 2. The molecule has 1 aliphatic carbocycles. The van der Waals surface area contributed by atoms with Crippen LogP contribution in [0.15, 0.2) is 55.1 Å². The molecule has 0 saturated carbocycles. The van der Waals surface area contributed by atoms with Crippen molar-refractivity contribution in [2.45, 2.75) is 6.42 Å². The minimum absolute atomic E-state index is 0.362. The number of rotatable bonds is 3. The molecular weight excluding hydrogens is 318 g/mol. The fraction of sp³-hybridized carbons (Fsp3) is 0.0625. The minimum Gasteiger partial charge on any atom is -0.290 e. The third kappa shape index (κ3) is 2.35. The van der Waals surface area contributed by atoms with Crippen LogP contribution in [0, 0.1) is 0 Å². The number of carbonyl (C=O) groups excluding carboxylic acids is 1. The van der Waals surface area contributed by atoms with Gasteiger partial charge in [0.1, 0.15) is 0 Å². The zero-order valence-electron chi connectivity index (χ0n) is 11.6. The predicted molar refractivity (Wildman–Crippen MR) is 90.5 cm³/mol. The first-order chi connectivity index (χ1) is 10.4. The van der Waals surface area contributed by atoms with Gasteiger partial charge in [-0.15, -0.1) is 0 Å². The lowest BCUT2D eigenvalue weighted by Gasteiger charge is -2.22. The van der Waals surface area contributed by atoms with Crippen molar-refractivity contribution >= 4 is 31.7 Å². The molecule has 2 aromatic carbocycles. The van der Waals surface area contributed by atoms with E-state index in [1.54, 1.807) is 12.1 Å². The van der Waals surface area contributed by atoms with Gasteiger partial charge in [-0.2, -0.15) is 0 Å². The first-order valence-electron chi connectivity index (χ1n) is 6.58. The van der Waals surface area contributed by atoms with Crippen LogP contribution in [-0.4, -0.2) is 14.7 Å². The minimum atomic E-state index is -3.89. The summed E-state index contributed by atoms with van der Waals surface area (Å²) in [6.45, 7) is 3.38. The van der Waals surface area contributed by atoms with Gasteiger partial charge in [0.15, 0.2) is 0 Å². The van der Waals surface area contributed by atoms with Gasteiger partial charge < -0.3 is 0 Å². The van der Waals surface area contributed by atoms with Gasteiger partial charge in [-0.05, 0) is 34.4 Å². The maximum atomic E-state index is 12.0. The highest BCUT2D eigenvalue weighted by molar-refractivity contribution is 8.30. The molecule has 0 heterocycles. The molecule has 0 spiro atoms. The molecule has 6 heteroatoms. The zero-order valence-corrected chi connectivity index (χ0v) is 13.2. The van der Waals surface area contributed by atoms with E-state index < -0.39 is 14.9 Å². The summed E-state index contributed by atoms with van der Waals surface area (Å²) in [4.78, 5) is 12.0. The van der Waals surface area contributed by atoms with E-state index in [4.69, 9.17) is 0 Å². The third-order valence-electron chi connectivity index (χ3n) is 3.65. The van der Waals surface area contributed by atoms with Crippen LogP contribution in [0.25, 0.3) is 11.1 Å². The van der Waals surface area contributed by atoms with E-state index in [2.05, 4.69) is 17.8 Å². The Labute approximate surface area is 133 Å². The highest BCUT2D eigenvalue weighted by Crippen LogP contribution is 2.41. The lowest BCUT2D eigenvalue weighted by Crippen LogP contribution is -2.35. The van der Waals surface area contributed by atoms with Gasteiger partial charge in [0.2, 0.25) is 8.96 Å². The molecule has 0 aromatic heterocycles. The summed E-state index contributed by atoms with van der Waals surface area (Å²) >= 11 is 4.63. The first-order valence-corrected chi connectivity index (χ1v) is 8.97. The second-order valence-electron chi connectivity index (χ2n) is 4.92. The number of carbonyl (C=O) groups is 1. The molecule has 0 radical (unpaired) electrons. The molecule has 112 valence electrons. The second kappa shape index (κ2) is 5.31. The van der Waals surface area contributed by atoms with Crippen molar-refractivity contribution in [3.63, 3.8) is 0 Å². The monoisotopic (exact) mass is 331 g/mol. The molecule has 1 unspecified atom stereocenters. The summed E-state index contributed by atoms with van der Waals surface area (Å²) in [7, 11) is -3.89. The maximum Gasteiger partial charge on any atom is 0.264 e. The molecule has 22 heavy (non-hydrogen) atoms. The molecule has 2 aromatic rings. The van der Waals surface area contributed by atoms with Crippen molar-refractivity contribution in [2.24, 2.45) is 0 Å². The Morgan fingerprint density at radius 2 is 1.91 bits per heavy atom. The fourth-order valence-corrected chi connectivity index (χ4v) is 3.95. The standard InChI is InChI=1S/C16H13NO3S2/c1-2-16(18)17(22(19,20)21)15-9-5-8-13-12-7-4-3-6-11(12)10-14(13)15/h2-9H,1,10H2,(H,19,20,21). The molecular formula is C16H13NO3S2. The fourth-order valence-electron chi connectivity index (χ4n) is 2.77. The SMILES string of the molecule is C=CC(=O)N(c1cccc2c1Cc1ccccc1-2)S(=O)(O)=S. The molecule has 0 saturated heterocycles. The van der Waals surface area contributed by atoms with Crippen molar-refractivity contribution in [1.82, 2.24) is 0 Å². The smallest absolute Gasteiger partial charge is 0.264 e. The number of nitrogens with zero attached hydrogens (tertiary/aromatic N) is 1. The lowest BCUT2D eigenvalue weighted by atomic mass is 10.0. The van der Waals surface area contributed by atoms with Gasteiger partial charge in [0.25, 0.3) is 5.91 Å². The summed E-state index contributed by atoms with van der Waals surface area (Å²) in [6.07, 6.45) is 1.58. The average Bonchev–Trinajstić information content (AvgIpc) is 2.85. The van der Waals surface area contributed by atoms with Crippen LogP contribution in [0.5, 0.6) is 0 Å². The summed E-state index contributed by atoms with van der Waals surface area (Å²) in [6, 6.07) is 13.2. The molecule has 3 rings (SSSR count). The topological polar surface area (TPSA) is 57.6 Å². The molecule has 0 fully saturated rings. The van der Waals surface area contributed by atoms with Crippen molar-refractivity contribution in [1.29, 1.82) is 0 Å². The quantitative estimate of drug-likeness (QED) is 0.750. The van der Waals surface area contributed by atoms with Gasteiger partial charge in [-0.3, -0.25) is 9.35 Å². The Balaban J connectivity index is 2.23. The summed E-state index contributed by atoms with van der Waals surface area (Å²) < 4.78 is 22.5. The molecule has 1 amide bonds. The van der Waals surface area contributed by atoms with E-state index in [9.17, 15) is 13.6 Å². The van der Waals surface area contributed by atoms with Gasteiger partial charge in [-0.1, -0.05) is 43.0 Å². The van der Waals surface area contributed by atoms with E-state index in [1.165, 1.54) is 0 Å². The molecule has 1 atom stereocenters. The summed E-state index contributed by atoms with van der Waals surface area (Å²) in [5.41, 5.74) is 4.32. The van der Waals surface area contributed by atoms with E-state index in [1.807, 2.05) is 30.3 Å². The highest BCUT2D eigenvalue weighted by atomic mass is 32.8. The molecule has 4 nitrogen and oxygen atoms in total. The van der Waals surface area contributed by atoms with Gasteiger partial charge in [0.05, 0.1) is 5.69 Å².